The molecule has 0 amide bonds. The van der Waals surface area contributed by atoms with Crippen LogP contribution in [0.3, 0.4) is 0 Å². The van der Waals surface area contributed by atoms with E-state index in [1.165, 1.54) is 19.3 Å². The molecule has 0 radical (unpaired) electrons. The van der Waals surface area contributed by atoms with Crippen molar-refractivity contribution in [1.29, 1.82) is 0 Å². The van der Waals surface area contributed by atoms with Gasteiger partial charge in [-0.3, -0.25) is 0 Å². The van der Waals surface area contributed by atoms with E-state index in [1.807, 2.05) is 18.2 Å². The van der Waals surface area contributed by atoms with Crippen molar-refractivity contribution in [2.45, 2.75) is 65.5 Å². The number of hydrogen-bond acceptors (Lipinski definition) is 2. The molecule has 1 aromatic rings. The summed E-state index contributed by atoms with van der Waals surface area (Å²) in [4.78, 5) is 0. The van der Waals surface area contributed by atoms with Crippen molar-refractivity contribution in [2.75, 3.05) is 6.54 Å². The number of hydrogen-bond donors (Lipinski definition) is 1. The van der Waals surface area contributed by atoms with Crippen molar-refractivity contribution in [3.05, 3.63) is 30.3 Å². The summed E-state index contributed by atoms with van der Waals surface area (Å²) in [6, 6.07) is 10.8. The minimum Gasteiger partial charge on any atom is -0.489 e. The van der Waals surface area contributed by atoms with E-state index in [-0.39, 0.29) is 6.10 Å². The maximum Gasteiger partial charge on any atom is 0.119 e. The summed E-state index contributed by atoms with van der Waals surface area (Å²) < 4.78 is 6.33. The van der Waals surface area contributed by atoms with Gasteiger partial charge in [-0.05, 0) is 49.3 Å². The second-order valence-electron chi connectivity index (χ2n) is 6.99. The lowest BCUT2D eigenvalue weighted by atomic mass is 9.68. The number of ether oxygens (including phenoxy) is 1. The van der Waals surface area contributed by atoms with Crippen LogP contribution in [0, 0.1) is 11.3 Å². The molecule has 1 N–H and O–H groups in total. The average Bonchev–Trinajstić information content (AvgIpc) is 2.50. The van der Waals surface area contributed by atoms with Gasteiger partial charge in [-0.2, -0.15) is 0 Å². The van der Waals surface area contributed by atoms with E-state index in [4.69, 9.17) is 4.74 Å². The Hall–Kier alpha value is -1.02. The first kappa shape index (κ1) is 16.4. The third-order valence-electron chi connectivity index (χ3n) is 5.31. The number of para-hydroxylation sites is 1. The molecular weight excluding hydrogens is 258 g/mol. The van der Waals surface area contributed by atoms with Crippen molar-refractivity contribution in [2.24, 2.45) is 11.3 Å². The van der Waals surface area contributed by atoms with E-state index in [9.17, 15) is 0 Å². The Balaban J connectivity index is 2.08. The van der Waals surface area contributed by atoms with Gasteiger partial charge < -0.3 is 10.1 Å². The molecule has 118 valence electrons. The Kier molecular flexibility index (Phi) is 5.69. The number of benzene rings is 1. The molecular formula is C19H31NO. The van der Waals surface area contributed by atoms with E-state index in [0.717, 1.165) is 24.6 Å². The lowest BCUT2D eigenvalue weighted by Gasteiger charge is -2.43. The highest BCUT2D eigenvalue weighted by molar-refractivity contribution is 5.21. The quantitative estimate of drug-likeness (QED) is 0.823. The summed E-state index contributed by atoms with van der Waals surface area (Å²) in [5.74, 6) is 1.76. The van der Waals surface area contributed by atoms with Crippen molar-refractivity contribution in [3.63, 3.8) is 0 Å². The van der Waals surface area contributed by atoms with Crippen LogP contribution in [-0.4, -0.2) is 18.7 Å². The molecule has 3 atom stereocenters. The smallest absolute Gasteiger partial charge is 0.119 e. The van der Waals surface area contributed by atoms with Crippen LogP contribution in [0.25, 0.3) is 0 Å². The summed E-state index contributed by atoms with van der Waals surface area (Å²) >= 11 is 0. The molecule has 0 saturated heterocycles. The Morgan fingerprint density at radius 3 is 2.48 bits per heavy atom. The van der Waals surface area contributed by atoms with Gasteiger partial charge in [0.1, 0.15) is 11.9 Å². The average molecular weight is 289 g/mol. The van der Waals surface area contributed by atoms with Crippen LogP contribution >= 0.6 is 0 Å². The monoisotopic (exact) mass is 289 g/mol. The molecule has 2 nitrogen and oxygen atoms in total. The van der Waals surface area contributed by atoms with Crippen LogP contribution in [0.2, 0.25) is 0 Å². The Bertz CT molecular complexity index is 415. The van der Waals surface area contributed by atoms with Gasteiger partial charge in [-0.15, -0.1) is 0 Å². The zero-order chi connectivity index (χ0) is 15.3. The van der Waals surface area contributed by atoms with Gasteiger partial charge in [0.2, 0.25) is 0 Å². The van der Waals surface area contributed by atoms with Gasteiger partial charge in [0.15, 0.2) is 0 Å². The van der Waals surface area contributed by atoms with Crippen LogP contribution in [0.4, 0.5) is 0 Å². The molecule has 0 bridgehead atoms. The van der Waals surface area contributed by atoms with Gasteiger partial charge >= 0.3 is 0 Å². The Morgan fingerprint density at radius 1 is 1.14 bits per heavy atom. The molecule has 1 saturated carbocycles. The van der Waals surface area contributed by atoms with E-state index >= 15 is 0 Å². The van der Waals surface area contributed by atoms with Crippen LogP contribution in [0.5, 0.6) is 5.75 Å². The zero-order valence-electron chi connectivity index (χ0n) is 14.1. The molecule has 0 aliphatic heterocycles. The Labute approximate surface area is 130 Å². The topological polar surface area (TPSA) is 21.3 Å². The lowest BCUT2D eigenvalue weighted by molar-refractivity contribution is 0.0397. The molecule has 2 rings (SSSR count). The predicted octanol–water partition coefficient (Wildman–Crippen LogP) is 4.65. The predicted molar refractivity (Wildman–Crippen MR) is 89.7 cm³/mol. The third-order valence-corrected chi connectivity index (χ3v) is 5.31. The third kappa shape index (κ3) is 4.23. The first-order valence-corrected chi connectivity index (χ1v) is 8.52. The van der Waals surface area contributed by atoms with Crippen LogP contribution < -0.4 is 10.1 Å². The highest BCUT2D eigenvalue weighted by Crippen LogP contribution is 2.41. The van der Waals surface area contributed by atoms with Gasteiger partial charge in [0.05, 0.1) is 0 Å². The summed E-state index contributed by atoms with van der Waals surface area (Å²) in [6.45, 7) is 10.3. The van der Waals surface area contributed by atoms with E-state index < -0.39 is 0 Å². The fourth-order valence-electron chi connectivity index (χ4n) is 3.43. The molecule has 1 aromatic carbocycles. The van der Waals surface area contributed by atoms with Gasteiger partial charge in [-0.25, -0.2) is 0 Å². The minimum atomic E-state index is 0.289. The van der Waals surface area contributed by atoms with Crippen LogP contribution in [0.15, 0.2) is 30.3 Å². The van der Waals surface area contributed by atoms with Crippen molar-refractivity contribution in [1.82, 2.24) is 5.32 Å². The van der Waals surface area contributed by atoms with Gasteiger partial charge in [0, 0.05) is 6.04 Å². The first-order valence-electron chi connectivity index (χ1n) is 8.52. The zero-order valence-corrected chi connectivity index (χ0v) is 14.1. The van der Waals surface area contributed by atoms with Gasteiger partial charge in [0.25, 0.3) is 0 Å². The molecule has 21 heavy (non-hydrogen) atoms. The summed E-state index contributed by atoms with van der Waals surface area (Å²) in [7, 11) is 0. The molecule has 1 aliphatic rings. The molecule has 1 fully saturated rings. The molecule has 2 heteroatoms. The summed E-state index contributed by atoms with van der Waals surface area (Å²) in [6.07, 6.45) is 5.22. The van der Waals surface area contributed by atoms with Crippen LogP contribution in [-0.2, 0) is 0 Å². The Morgan fingerprint density at radius 2 is 1.86 bits per heavy atom. The van der Waals surface area contributed by atoms with E-state index in [0.29, 0.717) is 11.5 Å². The normalized spacial score (nSPS) is 26.6. The number of likely N-dealkylation sites (N-methyl/N-ethyl adjacent to an activating group) is 1. The number of rotatable bonds is 6. The summed E-state index contributed by atoms with van der Waals surface area (Å²) in [5.41, 5.74) is 0.412. The van der Waals surface area contributed by atoms with Gasteiger partial charge in [-0.1, -0.05) is 52.3 Å². The highest BCUT2D eigenvalue weighted by Gasteiger charge is 2.38. The first-order chi connectivity index (χ1) is 10.1. The molecule has 1 aliphatic carbocycles. The second kappa shape index (κ2) is 7.31. The van der Waals surface area contributed by atoms with E-state index in [2.05, 4.69) is 45.1 Å². The molecule has 3 unspecified atom stereocenters. The fraction of sp³-hybridized carbons (Fsp3) is 0.684. The SMILES string of the molecule is CCNC1CCC(C(C)(C)CC)CC1Oc1ccccc1. The molecule has 0 aromatic heterocycles. The standard InChI is InChI=1S/C19H31NO/c1-5-19(3,4)15-12-13-17(20-6-2)18(14-15)21-16-10-8-7-9-11-16/h7-11,15,17-18,20H,5-6,12-14H2,1-4H3. The van der Waals surface area contributed by atoms with E-state index in [1.54, 1.807) is 0 Å². The maximum atomic E-state index is 6.33. The lowest BCUT2D eigenvalue weighted by Crippen LogP contribution is -2.49. The minimum absolute atomic E-state index is 0.289. The number of nitrogens with one attached hydrogen (secondary N) is 1. The largest absolute Gasteiger partial charge is 0.489 e. The van der Waals surface area contributed by atoms with Crippen molar-refractivity contribution >= 4 is 0 Å². The van der Waals surface area contributed by atoms with Crippen molar-refractivity contribution < 1.29 is 4.74 Å². The second-order valence-corrected chi connectivity index (χ2v) is 6.99. The van der Waals surface area contributed by atoms with Crippen molar-refractivity contribution in [3.8, 4) is 5.75 Å². The molecule has 0 spiro atoms. The maximum absolute atomic E-state index is 6.33. The fourth-order valence-corrected chi connectivity index (χ4v) is 3.43. The van der Waals surface area contributed by atoms with Crippen LogP contribution in [0.1, 0.15) is 53.4 Å². The molecule has 0 heterocycles. The summed E-state index contributed by atoms with van der Waals surface area (Å²) in [5, 5.41) is 3.62. The highest BCUT2D eigenvalue weighted by atomic mass is 16.5.